The third-order valence-electron chi connectivity index (χ3n) is 2.16. The molecule has 82 valence electrons. The van der Waals surface area contributed by atoms with Crippen LogP contribution in [0.3, 0.4) is 0 Å². The lowest BCUT2D eigenvalue weighted by Crippen LogP contribution is -2.25. The van der Waals surface area contributed by atoms with Crippen LogP contribution in [0.5, 0.6) is 0 Å². The van der Waals surface area contributed by atoms with Crippen LogP contribution < -0.4 is 11.1 Å². The lowest BCUT2D eigenvalue weighted by molar-refractivity contribution is -0.117. The molecule has 0 heterocycles. The van der Waals surface area contributed by atoms with Crippen LogP contribution in [0.1, 0.15) is 39.0 Å². The molecule has 0 aliphatic rings. The summed E-state index contributed by atoms with van der Waals surface area (Å²) in [6.07, 6.45) is 5.12. The maximum Gasteiger partial charge on any atom is 0.246 e. The standard InChI is InChI=1S/C11H22N2O/c1-3-10(2)11(14)13-9-7-5-4-6-8-12/h2-9,12H2,1H3,(H,13,14). The number of carbonyl (C=O) groups is 1. The third kappa shape index (κ3) is 6.66. The maximum absolute atomic E-state index is 11.2. The molecular weight excluding hydrogens is 176 g/mol. The first-order valence-corrected chi connectivity index (χ1v) is 5.38. The van der Waals surface area contributed by atoms with E-state index in [1.54, 1.807) is 0 Å². The molecule has 0 saturated heterocycles. The first kappa shape index (κ1) is 13.2. The molecule has 0 unspecified atom stereocenters. The van der Waals surface area contributed by atoms with Gasteiger partial charge >= 0.3 is 0 Å². The molecule has 0 spiro atoms. The highest BCUT2D eigenvalue weighted by atomic mass is 16.1. The molecule has 0 radical (unpaired) electrons. The molecule has 0 aliphatic heterocycles. The van der Waals surface area contributed by atoms with Crippen molar-refractivity contribution >= 4 is 5.91 Å². The van der Waals surface area contributed by atoms with Crippen molar-refractivity contribution in [3.63, 3.8) is 0 Å². The van der Waals surface area contributed by atoms with E-state index in [1.165, 1.54) is 0 Å². The zero-order valence-electron chi connectivity index (χ0n) is 9.14. The quantitative estimate of drug-likeness (QED) is 0.459. The van der Waals surface area contributed by atoms with Gasteiger partial charge in [-0.2, -0.15) is 0 Å². The van der Waals surface area contributed by atoms with Gasteiger partial charge in [-0.15, -0.1) is 0 Å². The van der Waals surface area contributed by atoms with Gasteiger partial charge in [0.2, 0.25) is 5.91 Å². The molecule has 0 fully saturated rings. The summed E-state index contributed by atoms with van der Waals surface area (Å²) in [5, 5.41) is 2.84. The summed E-state index contributed by atoms with van der Waals surface area (Å²) < 4.78 is 0. The van der Waals surface area contributed by atoms with Crippen LogP contribution in [0.4, 0.5) is 0 Å². The number of unbranched alkanes of at least 4 members (excludes halogenated alkanes) is 3. The van der Waals surface area contributed by atoms with Crippen molar-refractivity contribution in [3.05, 3.63) is 12.2 Å². The minimum Gasteiger partial charge on any atom is -0.352 e. The maximum atomic E-state index is 11.2. The Morgan fingerprint density at radius 2 is 1.93 bits per heavy atom. The van der Waals surface area contributed by atoms with E-state index in [1.807, 2.05) is 6.92 Å². The van der Waals surface area contributed by atoms with Crippen molar-refractivity contribution < 1.29 is 4.79 Å². The Labute approximate surface area is 86.8 Å². The largest absolute Gasteiger partial charge is 0.352 e. The third-order valence-corrected chi connectivity index (χ3v) is 2.16. The summed E-state index contributed by atoms with van der Waals surface area (Å²) >= 11 is 0. The van der Waals surface area contributed by atoms with Crippen molar-refractivity contribution in [2.45, 2.75) is 39.0 Å². The van der Waals surface area contributed by atoms with Gasteiger partial charge in [-0.3, -0.25) is 4.79 Å². The first-order chi connectivity index (χ1) is 6.72. The van der Waals surface area contributed by atoms with Crippen molar-refractivity contribution in [2.24, 2.45) is 5.73 Å². The zero-order valence-corrected chi connectivity index (χ0v) is 9.14. The van der Waals surface area contributed by atoms with Crippen molar-refractivity contribution in [1.29, 1.82) is 0 Å². The first-order valence-electron chi connectivity index (χ1n) is 5.38. The molecule has 0 saturated carbocycles. The van der Waals surface area contributed by atoms with Gasteiger partial charge in [0.1, 0.15) is 0 Å². The Morgan fingerprint density at radius 1 is 1.29 bits per heavy atom. The number of carbonyl (C=O) groups excluding carboxylic acids is 1. The van der Waals surface area contributed by atoms with E-state index in [2.05, 4.69) is 11.9 Å². The molecule has 0 aromatic carbocycles. The summed E-state index contributed by atoms with van der Waals surface area (Å²) in [6, 6.07) is 0. The zero-order chi connectivity index (χ0) is 10.8. The van der Waals surface area contributed by atoms with Gasteiger partial charge in [-0.25, -0.2) is 0 Å². The second kappa shape index (κ2) is 8.75. The molecule has 3 nitrogen and oxygen atoms in total. The lowest BCUT2D eigenvalue weighted by Gasteiger charge is -2.05. The number of amides is 1. The second-order valence-corrected chi connectivity index (χ2v) is 3.42. The van der Waals surface area contributed by atoms with Crippen molar-refractivity contribution in [3.8, 4) is 0 Å². The van der Waals surface area contributed by atoms with Crippen molar-refractivity contribution in [2.75, 3.05) is 13.1 Å². The van der Waals surface area contributed by atoms with Crippen LogP contribution in [-0.2, 0) is 4.79 Å². The van der Waals surface area contributed by atoms with Gasteiger partial charge in [0.15, 0.2) is 0 Å². The van der Waals surface area contributed by atoms with Crippen LogP contribution in [0.25, 0.3) is 0 Å². The minimum atomic E-state index is -0.00803. The fourth-order valence-corrected chi connectivity index (χ4v) is 1.11. The topological polar surface area (TPSA) is 55.1 Å². The summed E-state index contributed by atoms with van der Waals surface area (Å²) in [6.45, 7) is 7.12. The van der Waals surface area contributed by atoms with E-state index in [0.717, 1.165) is 45.2 Å². The average molecular weight is 198 g/mol. The smallest absolute Gasteiger partial charge is 0.246 e. The number of hydrogen-bond donors (Lipinski definition) is 2. The summed E-state index contributed by atoms with van der Waals surface area (Å²) in [4.78, 5) is 11.2. The minimum absolute atomic E-state index is 0.00803. The molecule has 14 heavy (non-hydrogen) atoms. The monoisotopic (exact) mass is 198 g/mol. The van der Waals surface area contributed by atoms with E-state index in [9.17, 15) is 4.79 Å². The van der Waals surface area contributed by atoms with Crippen LogP contribution in [0, 0.1) is 0 Å². The average Bonchev–Trinajstić information content (AvgIpc) is 2.21. The molecule has 0 bridgehead atoms. The van der Waals surface area contributed by atoms with E-state index in [-0.39, 0.29) is 5.91 Å². The summed E-state index contributed by atoms with van der Waals surface area (Å²) in [5.41, 5.74) is 6.03. The van der Waals surface area contributed by atoms with Gasteiger partial charge in [-0.05, 0) is 25.8 Å². The molecular formula is C11H22N2O. The highest BCUT2D eigenvalue weighted by Gasteiger charge is 2.02. The highest BCUT2D eigenvalue weighted by Crippen LogP contribution is 1.99. The fraction of sp³-hybridized carbons (Fsp3) is 0.727. The number of hydrogen-bond acceptors (Lipinski definition) is 2. The molecule has 0 aliphatic carbocycles. The molecule has 3 N–H and O–H groups in total. The molecule has 1 amide bonds. The molecule has 0 aromatic heterocycles. The second-order valence-electron chi connectivity index (χ2n) is 3.42. The Bertz CT molecular complexity index is 178. The summed E-state index contributed by atoms with van der Waals surface area (Å²) in [5.74, 6) is -0.00803. The van der Waals surface area contributed by atoms with Crippen LogP contribution in [-0.4, -0.2) is 19.0 Å². The SMILES string of the molecule is C=C(CC)C(=O)NCCCCCCN. The molecule has 0 aromatic rings. The van der Waals surface area contributed by atoms with E-state index >= 15 is 0 Å². The van der Waals surface area contributed by atoms with Gasteiger partial charge in [-0.1, -0.05) is 26.3 Å². The Morgan fingerprint density at radius 3 is 2.50 bits per heavy atom. The predicted octanol–water partition coefficient (Wildman–Crippen LogP) is 1.59. The summed E-state index contributed by atoms with van der Waals surface area (Å²) in [7, 11) is 0. The predicted molar refractivity (Wildman–Crippen MR) is 60.0 cm³/mol. The normalized spacial score (nSPS) is 9.86. The Kier molecular flexibility index (Phi) is 8.24. The molecule has 0 rings (SSSR count). The molecule has 0 atom stereocenters. The van der Waals surface area contributed by atoms with Crippen LogP contribution in [0.15, 0.2) is 12.2 Å². The van der Waals surface area contributed by atoms with Crippen LogP contribution >= 0.6 is 0 Å². The Hall–Kier alpha value is -0.830. The fourth-order valence-electron chi connectivity index (χ4n) is 1.11. The van der Waals surface area contributed by atoms with Crippen LogP contribution in [0.2, 0.25) is 0 Å². The van der Waals surface area contributed by atoms with Crippen molar-refractivity contribution in [1.82, 2.24) is 5.32 Å². The lowest BCUT2D eigenvalue weighted by atomic mass is 10.2. The van der Waals surface area contributed by atoms with Gasteiger partial charge in [0, 0.05) is 12.1 Å². The van der Waals surface area contributed by atoms with Gasteiger partial charge in [0.25, 0.3) is 0 Å². The number of rotatable bonds is 8. The number of nitrogens with one attached hydrogen (secondary N) is 1. The van der Waals surface area contributed by atoms with E-state index in [0.29, 0.717) is 5.57 Å². The van der Waals surface area contributed by atoms with Gasteiger partial charge < -0.3 is 11.1 Å². The van der Waals surface area contributed by atoms with E-state index in [4.69, 9.17) is 5.73 Å². The highest BCUT2D eigenvalue weighted by molar-refractivity contribution is 5.92. The Balaban J connectivity index is 3.27. The molecule has 3 heteroatoms. The van der Waals surface area contributed by atoms with Gasteiger partial charge in [0.05, 0.1) is 0 Å². The number of nitrogens with two attached hydrogens (primary N) is 1. The van der Waals surface area contributed by atoms with E-state index < -0.39 is 0 Å².